The number of hydrogen-bond acceptors (Lipinski definition) is 7. The van der Waals surface area contributed by atoms with Crippen molar-refractivity contribution in [3.63, 3.8) is 0 Å². The second-order valence-corrected chi connectivity index (χ2v) is 8.03. The van der Waals surface area contributed by atoms with Crippen molar-refractivity contribution in [2.45, 2.75) is 32.2 Å². The average Bonchev–Trinajstić information content (AvgIpc) is 2.77. The number of benzene rings is 1. The molecule has 1 N–H and O–H groups in total. The highest BCUT2D eigenvalue weighted by Crippen LogP contribution is 2.28. The predicted octanol–water partition coefficient (Wildman–Crippen LogP) is 2.66. The third-order valence-corrected chi connectivity index (χ3v) is 5.95. The lowest BCUT2D eigenvalue weighted by Crippen LogP contribution is -2.45. The Labute approximate surface area is 171 Å². The average molecular weight is 390 g/mol. The quantitative estimate of drug-likeness (QED) is 0.736. The first-order valence-corrected chi connectivity index (χ1v) is 10.5. The SMILES string of the molecule is CN1CCN(c2nc3c(c(NCc4ccc5nccnc5c4)n2)CCCC3)CC1. The van der Waals surface area contributed by atoms with Gasteiger partial charge in [-0.1, -0.05) is 6.07 Å². The molecule has 0 amide bonds. The number of nitrogens with one attached hydrogen (secondary N) is 1. The van der Waals surface area contributed by atoms with Gasteiger partial charge in [-0.05, 0) is 50.4 Å². The summed E-state index contributed by atoms with van der Waals surface area (Å²) in [6.07, 6.45) is 8.01. The molecule has 3 heterocycles. The van der Waals surface area contributed by atoms with E-state index in [0.717, 1.165) is 68.4 Å². The fourth-order valence-corrected chi connectivity index (χ4v) is 4.18. The van der Waals surface area contributed by atoms with E-state index in [1.54, 1.807) is 12.4 Å². The summed E-state index contributed by atoms with van der Waals surface area (Å²) < 4.78 is 0. The molecule has 29 heavy (non-hydrogen) atoms. The summed E-state index contributed by atoms with van der Waals surface area (Å²) in [5.41, 5.74) is 5.56. The molecule has 0 saturated carbocycles. The van der Waals surface area contributed by atoms with E-state index in [9.17, 15) is 0 Å². The van der Waals surface area contributed by atoms with Gasteiger partial charge in [-0.15, -0.1) is 0 Å². The first kappa shape index (κ1) is 18.2. The monoisotopic (exact) mass is 389 g/mol. The number of anilines is 2. The Hall–Kier alpha value is -2.80. The van der Waals surface area contributed by atoms with Gasteiger partial charge in [0, 0.05) is 50.7 Å². The van der Waals surface area contributed by atoms with Crippen LogP contribution < -0.4 is 10.2 Å². The minimum absolute atomic E-state index is 0.720. The molecule has 1 aliphatic heterocycles. The molecule has 0 radical (unpaired) electrons. The first-order chi connectivity index (χ1) is 14.3. The van der Waals surface area contributed by atoms with Crippen LogP contribution in [-0.2, 0) is 19.4 Å². The Morgan fingerprint density at radius 3 is 2.59 bits per heavy atom. The molecular weight excluding hydrogens is 362 g/mol. The zero-order chi connectivity index (χ0) is 19.6. The topological polar surface area (TPSA) is 70.1 Å². The third kappa shape index (κ3) is 3.87. The summed E-state index contributed by atoms with van der Waals surface area (Å²) in [5.74, 6) is 1.88. The van der Waals surface area contributed by atoms with Gasteiger partial charge in [0.25, 0.3) is 0 Å². The van der Waals surface area contributed by atoms with E-state index in [2.05, 4.69) is 44.3 Å². The van der Waals surface area contributed by atoms with Crippen LogP contribution in [0.3, 0.4) is 0 Å². The van der Waals surface area contributed by atoms with E-state index in [1.165, 1.54) is 29.7 Å². The van der Waals surface area contributed by atoms with Crippen molar-refractivity contribution < 1.29 is 0 Å². The van der Waals surface area contributed by atoms with Crippen LogP contribution in [-0.4, -0.2) is 58.1 Å². The molecule has 2 aliphatic rings. The van der Waals surface area contributed by atoms with Crippen LogP contribution in [0, 0.1) is 0 Å². The predicted molar refractivity (Wildman–Crippen MR) is 115 cm³/mol. The molecule has 3 aromatic rings. The summed E-state index contributed by atoms with van der Waals surface area (Å²) in [6, 6.07) is 6.24. The number of likely N-dealkylation sites (N-methyl/N-ethyl adjacent to an activating group) is 1. The van der Waals surface area contributed by atoms with E-state index in [4.69, 9.17) is 9.97 Å². The fraction of sp³-hybridized carbons (Fsp3) is 0.455. The Balaban J connectivity index is 1.40. The molecule has 1 aromatic carbocycles. The maximum atomic E-state index is 4.97. The molecule has 1 aliphatic carbocycles. The van der Waals surface area contributed by atoms with Gasteiger partial charge in [0.15, 0.2) is 0 Å². The Bertz CT molecular complexity index is 1010. The summed E-state index contributed by atoms with van der Waals surface area (Å²) >= 11 is 0. The van der Waals surface area contributed by atoms with Crippen LogP contribution in [0.1, 0.15) is 29.7 Å². The van der Waals surface area contributed by atoms with Gasteiger partial charge >= 0.3 is 0 Å². The molecule has 1 fully saturated rings. The highest BCUT2D eigenvalue weighted by Gasteiger charge is 2.22. The van der Waals surface area contributed by atoms with Crippen LogP contribution in [0.2, 0.25) is 0 Å². The van der Waals surface area contributed by atoms with Gasteiger partial charge in [0.2, 0.25) is 5.95 Å². The number of rotatable bonds is 4. The lowest BCUT2D eigenvalue weighted by atomic mass is 9.96. The van der Waals surface area contributed by atoms with Crippen molar-refractivity contribution in [3.8, 4) is 0 Å². The minimum atomic E-state index is 0.720. The van der Waals surface area contributed by atoms with E-state index < -0.39 is 0 Å². The van der Waals surface area contributed by atoms with E-state index in [1.807, 2.05) is 6.07 Å². The molecule has 0 spiro atoms. The third-order valence-electron chi connectivity index (χ3n) is 5.95. The van der Waals surface area contributed by atoms with Crippen LogP contribution in [0.15, 0.2) is 30.6 Å². The van der Waals surface area contributed by atoms with Gasteiger partial charge in [-0.3, -0.25) is 9.97 Å². The normalized spacial score (nSPS) is 17.3. The van der Waals surface area contributed by atoms with Gasteiger partial charge in [0.1, 0.15) is 5.82 Å². The van der Waals surface area contributed by atoms with Gasteiger partial charge in [0.05, 0.1) is 16.7 Å². The lowest BCUT2D eigenvalue weighted by Gasteiger charge is -2.33. The highest BCUT2D eigenvalue weighted by molar-refractivity contribution is 5.74. The van der Waals surface area contributed by atoms with Crippen molar-refractivity contribution in [1.29, 1.82) is 0 Å². The molecular formula is C22H27N7. The number of aryl methyl sites for hydroxylation is 1. The molecule has 5 rings (SSSR count). The van der Waals surface area contributed by atoms with Gasteiger partial charge < -0.3 is 15.1 Å². The molecule has 2 aromatic heterocycles. The van der Waals surface area contributed by atoms with Gasteiger partial charge in [-0.2, -0.15) is 4.98 Å². The molecule has 7 nitrogen and oxygen atoms in total. The van der Waals surface area contributed by atoms with Crippen molar-refractivity contribution in [2.75, 3.05) is 43.4 Å². The zero-order valence-corrected chi connectivity index (χ0v) is 16.9. The number of aromatic nitrogens is 4. The lowest BCUT2D eigenvalue weighted by molar-refractivity contribution is 0.311. The number of piperazine rings is 1. The van der Waals surface area contributed by atoms with Crippen molar-refractivity contribution in [2.24, 2.45) is 0 Å². The molecule has 1 saturated heterocycles. The largest absolute Gasteiger partial charge is 0.366 e. The van der Waals surface area contributed by atoms with E-state index in [0.29, 0.717) is 0 Å². The smallest absolute Gasteiger partial charge is 0.227 e. The Morgan fingerprint density at radius 2 is 1.72 bits per heavy atom. The number of nitrogens with zero attached hydrogens (tertiary/aromatic N) is 6. The number of fused-ring (bicyclic) bond motifs is 2. The van der Waals surface area contributed by atoms with Crippen molar-refractivity contribution in [3.05, 3.63) is 47.4 Å². The minimum Gasteiger partial charge on any atom is -0.366 e. The first-order valence-electron chi connectivity index (χ1n) is 10.5. The second kappa shape index (κ2) is 7.91. The van der Waals surface area contributed by atoms with Gasteiger partial charge in [-0.25, -0.2) is 4.98 Å². The van der Waals surface area contributed by atoms with E-state index in [-0.39, 0.29) is 0 Å². The van der Waals surface area contributed by atoms with Crippen LogP contribution in [0.5, 0.6) is 0 Å². The second-order valence-electron chi connectivity index (χ2n) is 8.03. The molecule has 0 atom stereocenters. The summed E-state index contributed by atoms with van der Waals surface area (Å²) in [4.78, 5) is 23.4. The Morgan fingerprint density at radius 1 is 0.931 bits per heavy atom. The summed E-state index contributed by atoms with van der Waals surface area (Å²) in [6.45, 7) is 4.80. The summed E-state index contributed by atoms with van der Waals surface area (Å²) in [7, 11) is 2.17. The maximum Gasteiger partial charge on any atom is 0.227 e. The van der Waals surface area contributed by atoms with Crippen molar-refractivity contribution in [1.82, 2.24) is 24.8 Å². The number of hydrogen-bond donors (Lipinski definition) is 1. The standard InChI is InChI=1S/C22H27N7/c1-28-10-12-29(13-11-28)22-26-18-5-3-2-4-17(18)21(27-22)25-15-16-6-7-19-20(14-16)24-9-8-23-19/h6-9,14H,2-5,10-13,15H2,1H3,(H,25,26,27). The zero-order valence-electron chi connectivity index (χ0n) is 16.9. The molecule has 0 unspecified atom stereocenters. The molecule has 0 bridgehead atoms. The maximum absolute atomic E-state index is 4.97. The Kier molecular flexibility index (Phi) is 4.97. The van der Waals surface area contributed by atoms with Crippen molar-refractivity contribution >= 4 is 22.8 Å². The summed E-state index contributed by atoms with van der Waals surface area (Å²) in [5, 5.41) is 3.61. The van der Waals surface area contributed by atoms with Crippen LogP contribution in [0.25, 0.3) is 11.0 Å². The highest BCUT2D eigenvalue weighted by atomic mass is 15.3. The molecule has 7 heteroatoms. The van der Waals surface area contributed by atoms with Crippen LogP contribution >= 0.6 is 0 Å². The fourth-order valence-electron chi connectivity index (χ4n) is 4.18. The van der Waals surface area contributed by atoms with E-state index >= 15 is 0 Å². The van der Waals surface area contributed by atoms with Crippen LogP contribution in [0.4, 0.5) is 11.8 Å². The molecule has 150 valence electrons.